The molecule has 112 valence electrons. The third kappa shape index (κ3) is 3.62. The molecule has 0 aliphatic heterocycles. The summed E-state index contributed by atoms with van der Waals surface area (Å²) in [6, 6.07) is 14.3. The van der Waals surface area contributed by atoms with Gasteiger partial charge in [-0.25, -0.2) is 8.42 Å². The molecule has 0 aromatic heterocycles. The average Bonchev–Trinajstić information content (AvgIpc) is 2.48. The summed E-state index contributed by atoms with van der Waals surface area (Å²) in [7, 11) is -0.314. The SMILES string of the molecule is COc1cccc(CN(C)S(=O)(=O)c2ccc(C)cc2)c1. The largest absolute Gasteiger partial charge is 0.497 e. The van der Waals surface area contributed by atoms with Gasteiger partial charge in [0.2, 0.25) is 10.0 Å². The van der Waals surface area contributed by atoms with Crippen LogP contribution in [0, 0.1) is 6.92 Å². The van der Waals surface area contributed by atoms with Gasteiger partial charge < -0.3 is 4.74 Å². The Bertz CT molecular complexity index is 709. The number of methoxy groups -OCH3 is 1. The maximum absolute atomic E-state index is 12.5. The van der Waals surface area contributed by atoms with Crippen molar-refractivity contribution in [2.45, 2.75) is 18.4 Å². The molecule has 2 rings (SSSR count). The number of aryl methyl sites for hydroxylation is 1. The van der Waals surface area contributed by atoms with Crippen molar-refractivity contribution < 1.29 is 13.2 Å². The fourth-order valence-electron chi connectivity index (χ4n) is 2.00. The molecule has 0 bridgehead atoms. The first-order valence-electron chi connectivity index (χ1n) is 6.59. The molecule has 5 heteroatoms. The fourth-order valence-corrected chi connectivity index (χ4v) is 3.16. The molecule has 0 spiro atoms. The first-order valence-corrected chi connectivity index (χ1v) is 8.03. The minimum absolute atomic E-state index is 0.299. The van der Waals surface area contributed by atoms with Gasteiger partial charge in [0, 0.05) is 13.6 Å². The van der Waals surface area contributed by atoms with E-state index in [2.05, 4.69) is 0 Å². The zero-order valence-electron chi connectivity index (χ0n) is 12.4. The van der Waals surface area contributed by atoms with E-state index in [0.717, 1.165) is 11.1 Å². The lowest BCUT2D eigenvalue weighted by Crippen LogP contribution is -2.26. The van der Waals surface area contributed by atoms with Gasteiger partial charge in [0.15, 0.2) is 0 Å². The summed E-state index contributed by atoms with van der Waals surface area (Å²) in [5.41, 5.74) is 1.91. The van der Waals surface area contributed by atoms with Crippen molar-refractivity contribution in [1.82, 2.24) is 4.31 Å². The molecule has 0 N–H and O–H groups in total. The number of rotatable bonds is 5. The first kappa shape index (κ1) is 15.5. The van der Waals surface area contributed by atoms with Crippen LogP contribution >= 0.6 is 0 Å². The molecule has 0 atom stereocenters. The standard InChI is InChI=1S/C16H19NO3S/c1-13-7-9-16(10-8-13)21(18,19)17(2)12-14-5-4-6-15(11-14)20-3/h4-11H,12H2,1-3H3. The second-order valence-corrected chi connectivity index (χ2v) is 6.97. The molecule has 0 radical (unpaired) electrons. The van der Waals surface area contributed by atoms with Gasteiger partial charge in [0.25, 0.3) is 0 Å². The van der Waals surface area contributed by atoms with Crippen LogP contribution in [0.4, 0.5) is 0 Å². The van der Waals surface area contributed by atoms with Crippen molar-refractivity contribution >= 4 is 10.0 Å². The smallest absolute Gasteiger partial charge is 0.243 e. The molecule has 0 saturated heterocycles. The van der Waals surface area contributed by atoms with E-state index >= 15 is 0 Å². The minimum atomic E-state index is -3.48. The summed E-state index contributed by atoms with van der Waals surface area (Å²) in [6.45, 7) is 2.23. The Morgan fingerprint density at radius 1 is 1.10 bits per heavy atom. The maximum atomic E-state index is 12.5. The summed E-state index contributed by atoms with van der Waals surface area (Å²) >= 11 is 0. The number of hydrogen-bond donors (Lipinski definition) is 0. The lowest BCUT2D eigenvalue weighted by molar-refractivity contribution is 0.412. The lowest BCUT2D eigenvalue weighted by Gasteiger charge is -2.17. The van der Waals surface area contributed by atoms with Crippen LogP contribution in [0.1, 0.15) is 11.1 Å². The van der Waals surface area contributed by atoms with Crippen molar-refractivity contribution in [3.8, 4) is 5.75 Å². The molecule has 0 saturated carbocycles. The molecule has 0 aliphatic carbocycles. The van der Waals surface area contributed by atoms with E-state index in [9.17, 15) is 8.42 Å². The summed E-state index contributed by atoms with van der Waals surface area (Å²) in [4.78, 5) is 0.304. The number of nitrogens with zero attached hydrogens (tertiary/aromatic N) is 1. The Labute approximate surface area is 126 Å². The normalized spacial score (nSPS) is 11.6. The molecule has 0 amide bonds. The second kappa shape index (κ2) is 6.28. The molecule has 0 heterocycles. The Balaban J connectivity index is 2.22. The van der Waals surface area contributed by atoms with Gasteiger partial charge >= 0.3 is 0 Å². The molecule has 0 unspecified atom stereocenters. The first-order chi connectivity index (χ1) is 9.93. The quantitative estimate of drug-likeness (QED) is 0.853. The van der Waals surface area contributed by atoms with Crippen LogP contribution in [0.3, 0.4) is 0 Å². The molecule has 2 aromatic carbocycles. The van der Waals surface area contributed by atoms with Gasteiger partial charge in [0.05, 0.1) is 12.0 Å². The predicted molar refractivity (Wildman–Crippen MR) is 82.8 cm³/mol. The highest BCUT2D eigenvalue weighted by Gasteiger charge is 2.20. The van der Waals surface area contributed by atoms with Crippen molar-refractivity contribution in [2.75, 3.05) is 14.2 Å². The van der Waals surface area contributed by atoms with E-state index in [1.54, 1.807) is 38.4 Å². The number of hydrogen-bond acceptors (Lipinski definition) is 3. The van der Waals surface area contributed by atoms with Gasteiger partial charge in [-0.05, 0) is 36.8 Å². The molecule has 4 nitrogen and oxygen atoms in total. The van der Waals surface area contributed by atoms with E-state index in [1.807, 2.05) is 31.2 Å². The van der Waals surface area contributed by atoms with E-state index in [0.29, 0.717) is 17.2 Å². The maximum Gasteiger partial charge on any atom is 0.243 e. The van der Waals surface area contributed by atoms with Crippen LogP contribution in [-0.4, -0.2) is 26.9 Å². The Morgan fingerprint density at radius 2 is 1.76 bits per heavy atom. The van der Waals surface area contributed by atoms with Gasteiger partial charge in [0.1, 0.15) is 5.75 Å². The van der Waals surface area contributed by atoms with E-state index in [4.69, 9.17) is 4.74 Å². The van der Waals surface area contributed by atoms with Crippen LogP contribution in [0.25, 0.3) is 0 Å². The highest BCUT2D eigenvalue weighted by atomic mass is 32.2. The fraction of sp³-hybridized carbons (Fsp3) is 0.250. The van der Waals surface area contributed by atoms with Crippen LogP contribution in [0.5, 0.6) is 5.75 Å². The van der Waals surface area contributed by atoms with E-state index in [-0.39, 0.29) is 0 Å². The van der Waals surface area contributed by atoms with E-state index < -0.39 is 10.0 Å². The van der Waals surface area contributed by atoms with Crippen LogP contribution in [-0.2, 0) is 16.6 Å². The number of sulfonamides is 1. The van der Waals surface area contributed by atoms with Crippen molar-refractivity contribution in [1.29, 1.82) is 0 Å². The highest BCUT2D eigenvalue weighted by Crippen LogP contribution is 2.19. The van der Waals surface area contributed by atoms with Crippen molar-refractivity contribution in [3.63, 3.8) is 0 Å². The zero-order chi connectivity index (χ0) is 15.5. The summed E-state index contributed by atoms with van der Waals surface area (Å²) in [5.74, 6) is 0.716. The van der Waals surface area contributed by atoms with Crippen LogP contribution in [0.2, 0.25) is 0 Å². The van der Waals surface area contributed by atoms with Crippen LogP contribution in [0.15, 0.2) is 53.4 Å². The van der Waals surface area contributed by atoms with Crippen molar-refractivity contribution in [3.05, 3.63) is 59.7 Å². The summed E-state index contributed by atoms with van der Waals surface area (Å²) < 4.78 is 31.5. The van der Waals surface area contributed by atoms with Gasteiger partial charge in [-0.1, -0.05) is 29.8 Å². The van der Waals surface area contributed by atoms with Crippen molar-refractivity contribution in [2.24, 2.45) is 0 Å². The monoisotopic (exact) mass is 305 g/mol. The minimum Gasteiger partial charge on any atom is -0.497 e. The molecular weight excluding hydrogens is 286 g/mol. The predicted octanol–water partition coefficient (Wildman–Crippen LogP) is 2.82. The summed E-state index contributed by atoms with van der Waals surface area (Å²) in [6.07, 6.45) is 0. The topological polar surface area (TPSA) is 46.6 Å². The zero-order valence-corrected chi connectivity index (χ0v) is 13.2. The highest BCUT2D eigenvalue weighted by molar-refractivity contribution is 7.89. The third-order valence-corrected chi connectivity index (χ3v) is 5.09. The Kier molecular flexibility index (Phi) is 4.65. The molecule has 0 aliphatic rings. The second-order valence-electron chi connectivity index (χ2n) is 4.93. The Hall–Kier alpha value is -1.85. The number of benzene rings is 2. The summed E-state index contributed by atoms with van der Waals surface area (Å²) in [5, 5.41) is 0. The molecule has 21 heavy (non-hydrogen) atoms. The molecule has 2 aromatic rings. The Morgan fingerprint density at radius 3 is 2.38 bits per heavy atom. The third-order valence-electron chi connectivity index (χ3n) is 3.27. The molecule has 0 fully saturated rings. The van der Waals surface area contributed by atoms with Crippen LogP contribution < -0.4 is 4.74 Å². The van der Waals surface area contributed by atoms with Gasteiger partial charge in [-0.15, -0.1) is 0 Å². The number of ether oxygens (including phenoxy) is 1. The van der Waals surface area contributed by atoms with Gasteiger partial charge in [-0.3, -0.25) is 0 Å². The molecular formula is C16H19NO3S. The lowest BCUT2D eigenvalue weighted by atomic mass is 10.2. The van der Waals surface area contributed by atoms with Gasteiger partial charge in [-0.2, -0.15) is 4.31 Å². The average molecular weight is 305 g/mol. The van der Waals surface area contributed by atoms with E-state index in [1.165, 1.54) is 4.31 Å².